The number of hydrogen-bond acceptors (Lipinski definition) is 5. The van der Waals surface area contributed by atoms with Gasteiger partial charge in [0, 0.05) is 37.2 Å². The Hall–Kier alpha value is -3.02. The second-order valence-corrected chi connectivity index (χ2v) is 8.56. The van der Waals surface area contributed by atoms with E-state index >= 15 is 0 Å². The van der Waals surface area contributed by atoms with Crippen LogP contribution in [0, 0.1) is 18.3 Å². The number of hydrogen-bond donors (Lipinski definition) is 0. The average Bonchev–Trinajstić information content (AvgIpc) is 3.01. The summed E-state index contributed by atoms with van der Waals surface area (Å²) in [5.74, 6) is -0.0704. The van der Waals surface area contributed by atoms with Crippen LogP contribution in [0.2, 0.25) is 0 Å². The molecule has 0 atom stereocenters. The van der Waals surface area contributed by atoms with Crippen molar-refractivity contribution < 1.29 is 4.79 Å². The van der Waals surface area contributed by atoms with Gasteiger partial charge < -0.3 is 4.90 Å². The SMILES string of the molecule is Cc1c(C(=O)N2CCCN(Cc3ccc(C#N)cc3)CC2)nnn1-c1cccc(Br)c1. The molecule has 2 aromatic carbocycles. The Bertz CT molecular complexity index is 1120. The van der Waals surface area contributed by atoms with Crippen LogP contribution < -0.4 is 0 Å². The second kappa shape index (κ2) is 9.41. The van der Waals surface area contributed by atoms with Gasteiger partial charge in [0.15, 0.2) is 5.69 Å². The zero-order chi connectivity index (χ0) is 21.8. The maximum atomic E-state index is 13.2. The lowest BCUT2D eigenvalue weighted by Crippen LogP contribution is -2.35. The first-order chi connectivity index (χ1) is 15.0. The van der Waals surface area contributed by atoms with E-state index in [1.54, 1.807) is 4.68 Å². The van der Waals surface area contributed by atoms with Gasteiger partial charge in [0.2, 0.25) is 0 Å². The lowest BCUT2D eigenvalue weighted by atomic mass is 10.1. The van der Waals surface area contributed by atoms with E-state index in [1.807, 2.05) is 60.4 Å². The van der Waals surface area contributed by atoms with Crippen LogP contribution in [0.3, 0.4) is 0 Å². The number of carbonyl (C=O) groups excluding carboxylic acids is 1. The van der Waals surface area contributed by atoms with E-state index in [2.05, 4.69) is 37.2 Å². The highest BCUT2D eigenvalue weighted by molar-refractivity contribution is 9.10. The number of nitrogens with zero attached hydrogens (tertiary/aromatic N) is 6. The van der Waals surface area contributed by atoms with Crippen molar-refractivity contribution in [2.75, 3.05) is 26.2 Å². The Morgan fingerprint density at radius 2 is 1.94 bits per heavy atom. The van der Waals surface area contributed by atoms with E-state index in [-0.39, 0.29) is 5.91 Å². The molecule has 158 valence electrons. The fourth-order valence-electron chi connectivity index (χ4n) is 3.80. The number of nitriles is 1. The van der Waals surface area contributed by atoms with Gasteiger partial charge in [-0.05, 0) is 49.2 Å². The molecule has 4 rings (SSSR count). The van der Waals surface area contributed by atoms with Gasteiger partial charge in [-0.1, -0.05) is 39.3 Å². The molecule has 0 N–H and O–H groups in total. The van der Waals surface area contributed by atoms with E-state index in [4.69, 9.17) is 5.26 Å². The van der Waals surface area contributed by atoms with Crippen molar-refractivity contribution in [1.29, 1.82) is 5.26 Å². The maximum Gasteiger partial charge on any atom is 0.276 e. The predicted octanol–water partition coefficient (Wildman–Crippen LogP) is 3.56. The summed E-state index contributed by atoms with van der Waals surface area (Å²) >= 11 is 3.47. The fourth-order valence-corrected chi connectivity index (χ4v) is 4.19. The Morgan fingerprint density at radius 1 is 1.13 bits per heavy atom. The molecule has 2 heterocycles. The molecule has 0 bridgehead atoms. The van der Waals surface area contributed by atoms with Crippen molar-refractivity contribution in [3.05, 3.63) is 75.5 Å². The lowest BCUT2D eigenvalue weighted by Gasteiger charge is -2.21. The molecule has 0 spiro atoms. The minimum absolute atomic E-state index is 0.0704. The summed E-state index contributed by atoms with van der Waals surface area (Å²) in [6.45, 7) is 5.76. The van der Waals surface area contributed by atoms with E-state index in [9.17, 15) is 4.79 Å². The predicted molar refractivity (Wildman–Crippen MR) is 121 cm³/mol. The van der Waals surface area contributed by atoms with Crippen LogP contribution in [-0.2, 0) is 6.54 Å². The molecule has 1 aromatic heterocycles. The topological polar surface area (TPSA) is 78.1 Å². The zero-order valence-electron chi connectivity index (χ0n) is 17.3. The largest absolute Gasteiger partial charge is 0.336 e. The van der Waals surface area contributed by atoms with E-state index in [0.29, 0.717) is 24.3 Å². The molecular weight excluding hydrogens is 456 g/mol. The molecule has 1 amide bonds. The van der Waals surface area contributed by atoms with E-state index < -0.39 is 0 Å². The van der Waals surface area contributed by atoms with Gasteiger partial charge in [-0.3, -0.25) is 9.69 Å². The van der Waals surface area contributed by atoms with Crippen molar-refractivity contribution in [1.82, 2.24) is 24.8 Å². The molecule has 1 fully saturated rings. The van der Waals surface area contributed by atoms with Gasteiger partial charge in [-0.2, -0.15) is 5.26 Å². The number of amides is 1. The second-order valence-electron chi connectivity index (χ2n) is 7.65. The monoisotopic (exact) mass is 478 g/mol. The molecular formula is C23H23BrN6O. The minimum atomic E-state index is -0.0704. The van der Waals surface area contributed by atoms with Gasteiger partial charge in [0.25, 0.3) is 5.91 Å². The molecule has 0 saturated carbocycles. The lowest BCUT2D eigenvalue weighted by molar-refractivity contribution is 0.0754. The Balaban J connectivity index is 1.42. The van der Waals surface area contributed by atoms with Crippen LogP contribution in [0.5, 0.6) is 0 Å². The molecule has 1 aliphatic heterocycles. The standard InChI is InChI=1S/C23H23BrN6O/c1-17-22(26-27-30(17)21-5-2-4-20(24)14-21)23(31)29-11-3-10-28(12-13-29)16-19-8-6-18(15-25)7-9-19/h2,4-9,14H,3,10-13,16H2,1H3. The van der Waals surface area contributed by atoms with Crippen molar-refractivity contribution in [2.45, 2.75) is 19.9 Å². The third-order valence-electron chi connectivity index (χ3n) is 5.51. The molecule has 1 saturated heterocycles. The molecule has 0 unspecified atom stereocenters. The summed E-state index contributed by atoms with van der Waals surface area (Å²) in [5, 5.41) is 17.4. The third-order valence-corrected chi connectivity index (χ3v) is 6.01. The molecule has 8 heteroatoms. The van der Waals surface area contributed by atoms with Crippen LogP contribution in [0.4, 0.5) is 0 Å². The third kappa shape index (κ3) is 4.84. The molecule has 3 aromatic rings. The van der Waals surface area contributed by atoms with Crippen LogP contribution in [-0.4, -0.2) is 56.9 Å². The van der Waals surface area contributed by atoms with Crippen molar-refractivity contribution in [2.24, 2.45) is 0 Å². The highest BCUT2D eigenvalue weighted by Crippen LogP contribution is 2.19. The van der Waals surface area contributed by atoms with Gasteiger partial charge in [-0.25, -0.2) is 4.68 Å². The quantitative estimate of drug-likeness (QED) is 0.572. The van der Waals surface area contributed by atoms with Gasteiger partial charge in [0.05, 0.1) is 23.0 Å². The number of rotatable bonds is 4. The van der Waals surface area contributed by atoms with Crippen LogP contribution in [0.1, 0.15) is 33.7 Å². The first-order valence-corrected chi connectivity index (χ1v) is 11.0. The molecule has 31 heavy (non-hydrogen) atoms. The maximum absolute atomic E-state index is 13.2. The van der Waals surface area contributed by atoms with Crippen molar-refractivity contribution in [3.8, 4) is 11.8 Å². The van der Waals surface area contributed by atoms with Crippen molar-refractivity contribution in [3.63, 3.8) is 0 Å². The number of halogens is 1. The van der Waals surface area contributed by atoms with Gasteiger partial charge in [0.1, 0.15) is 0 Å². The number of benzene rings is 2. The van der Waals surface area contributed by atoms with E-state index in [1.165, 1.54) is 5.56 Å². The summed E-state index contributed by atoms with van der Waals surface area (Å²) in [4.78, 5) is 17.4. The highest BCUT2D eigenvalue weighted by Gasteiger charge is 2.25. The summed E-state index contributed by atoms with van der Waals surface area (Å²) < 4.78 is 2.65. The Morgan fingerprint density at radius 3 is 2.68 bits per heavy atom. The first kappa shape index (κ1) is 21.2. The molecule has 0 aliphatic carbocycles. The van der Waals surface area contributed by atoms with E-state index in [0.717, 1.165) is 41.9 Å². The smallest absolute Gasteiger partial charge is 0.276 e. The summed E-state index contributed by atoms with van der Waals surface area (Å²) in [7, 11) is 0. The number of carbonyl (C=O) groups is 1. The van der Waals surface area contributed by atoms with Crippen LogP contribution in [0.25, 0.3) is 5.69 Å². The van der Waals surface area contributed by atoms with Gasteiger partial charge >= 0.3 is 0 Å². The molecule has 1 aliphatic rings. The normalized spacial score (nSPS) is 14.8. The fraction of sp³-hybridized carbons (Fsp3) is 0.304. The molecule has 0 radical (unpaired) electrons. The van der Waals surface area contributed by atoms with Crippen LogP contribution >= 0.6 is 15.9 Å². The first-order valence-electron chi connectivity index (χ1n) is 10.2. The summed E-state index contributed by atoms with van der Waals surface area (Å²) in [6, 6.07) is 17.6. The number of aromatic nitrogens is 3. The highest BCUT2D eigenvalue weighted by atomic mass is 79.9. The zero-order valence-corrected chi connectivity index (χ0v) is 18.9. The Kier molecular flexibility index (Phi) is 6.44. The summed E-state index contributed by atoms with van der Waals surface area (Å²) in [5.41, 5.74) is 3.85. The van der Waals surface area contributed by atoms with Gasteiger partial charge in [-0.15, -0.1) is 5.10 Å². The van der Waals surface area contributed by atoms with Crippen LogP contribution in [0.15, 0.2) is 53.0 Å². The minimum Gasteiger partial charge on any atom is -0.336 e. The average molecular weight is 479 g/mol. The van der Waals surface area contributed by atoms with Crippen molar-refractivity contribution >= 4 is 21.8 Å². The molecule has 7 nitrogen and oxygen atoms in total. The Labute approximate surface area is 190 Å². The summed E-state index contributed by atoms with van der Waals surface area (Å²) in [6.07, 6.45) is 0.904.